The number of aromatic nitrogens is 2. The summed E-state index contributed by atoms with van der Waals surface area (Å²) in [5.74, 6) is 0.865. The number of carbonyl (C=O) groups excluding carboxylic acids is 1. The lowest BCUT2D eigenvalue weighted by molar-refractivity contribution is 0.0605. The van der Waals surface area contributed by atoms with Crippen LogP contribution in [0.2, 0.25) is 5.02 Å². The average molecular weight is 571 g/mol. The maximum atomic E-state index is 13.7. The molecule has 4 rings (SSSR count). The molecule has 0 aliphatic rings. The maximum Gasteiger partial charge on any atom is 0.266 e. The molecule has 0 bridgehead atoms. The normalized spacial score (nSPS) is 11.9. The molecule has 4 aromatic rings. The SMILES string of the molecule is COCCN(C(=O)c1ccc(Br)cc1)C(C)c1nc2cc(Cl)ccc2c(=O)n1-c1ccc(OC)cc1. The molecule has 186 valence electrons. The van der Waals surface area contributed by atoms with Crippen molar-refractivity contribution in [3.63, 3.8) is 0 Å². The van der Waals surface area contributed by atoms with Crippen molar-refractivity contribution in [2.45, 2.75) is 13.0 Å². The number of amides is 1. The molecule has 0 radical (unpaired) electrons. The van der Waals surface area contributed by atoms with Crippen LogP contribution in [0, 0.1) is 0 Å². The van der Waals surface area contributed by atoms with E-state index in [4.69, 9.17) is 26.1 Å². The minimum absolute atomic E-state index is 0.200. The first-order chi connectivity index (χ1) is 17.3. The molecule has 0 fully saturated rings. The van der Waals surface area contributed by atoms with Crippen molar-refractivity contribution < 1.29 is 14.3 Å². The summed E-state index contributed by atoms with van der Waals surface area (Å²) in [6.07, 6.45) is 0. The Morgan fingerprint density at radius 3 is 2.42 bits per heavy atom. The van der Waals surface area contributed by atoms with Crippen LogP contribution in [0.4, 0.5) is 0 Å². The van der Waals surface area contributed by atoms with E-state index >= 15 is 0 Å². The van der Waals surface area contributed by atoms with E-state index in [-0.39, 0.29) is 11.5 Å². The molecular weight excluding hydrogens is 546 g/mol. The molecule has 1 atom stereocenters. The summed E-state index contributed by atoms with van der Waals surface area (Å²) in [6.45, 7) is 2.47. The van der Waals surface area contributed by atoms with Crippen LogP contribution in [0.15, 0.2) is 76.0 Å². The Bertz CT molecular complexity index is 1440. The Labute approximate surface area is 222 Å². The molecule has 1 unspecified atom stereocenters. The maximum absolute atomic E-state index is 13.7. The van der Waals surface area contributed by atoms with E-state index in [1.807, 2.05) is 19.1 Å². The zero-order valence-electron chi connectivity index (χ0n) is 20.1. The van der Waals surface area contributed by atoms with E-state index < -0.39 is 6.04 Å². The number of methoxy groups -OCH3 is 2. The number of benzene rings is 3. The van der Waals surface area contributed by atoms with Gasteiger partial charge in [-0.3, -0.25) is 14.2 Å². The molecule has 1 heterocycles. The van der Waals surface area contributed by atoms with E-state index in [0.717, 1.165) is 4.47 Å². The predicted molar refractivity (Wildman–Crippen MR) is 144 cm³/mol. The fourth-order valence-electron chi connectivity index (χ4n) is 4.00. The Morgan fingerprint density at radius 1 is 1.08 bits per heavy atom. The molecule has 0 aliphatic heterocycles. The van der Waals surface area contributed by atoms with Crippen molar-refractivity contribution in [1.29, 1.82) is 0 Å². The fourth-order valence-corrected chi connectivity index (χ4v) is 4.43. The molecule has 9 heteroatoms. The molecule has 1 amide bonds. The van der Waals surface area contributed by atoms with Gasteiger partial charge in [-0.25, -0.2) is 4.98 Å². The summed E-state index contributed by atoms with van der Waals surface area (Å²) < 4.78 is 13.0. The fraction of sp³-hybridized carbons (Fsp3) is 0.222. The number of hydrogen-bond acceptors (Lipinski definition) is 5. The molecule has 7 nitrogen and oxygen atoms in total. The van der Waals surface area contributed by atoms with Crippen LogP contribution >= 0.6 is 27.5 Å². The molecule has 36 heavy (non-hydrogen) atoms. The van der Waals surface area contributed by atoms with Crippen LogP contribution in [0.25, 0.3) is 16.6 Å². The Kier molecular flexibility index (Phi) is 8.08. The molecule has 0 saturated heterocycles. The highest BCUT2D eigenvalue weighted by Gasteiger charge is 2.27. The molecule has 0 aliphatic carbocycles. The number of fused-ring (bicyclic) bond motifs is 1. The molecule has 0 spiro atoms. The van der Waals surface area contributed by atoms with Crippen LogP contribution in [0.5, 0.6) is 5.75 Å². The summed E-state index contributed by atoms with van der Waals surface area (Å²) in [4.78, 5) is 33.9. The van der Waals surface area contributed by atoms with Gasteiger partial charge in [0.25, 0.3) is 11.5 Å². The first kappa shape index (κ1) is 25.9. The van der Waals surface area contributed by atoms with Gasteiger partial charge in [0.2, 0.25) is 0 Å². The lowest BCUT2D eigenvalue weighted by Crippen LogP contribution is -2.39. The summed E-state index contributed by atoms with van der Waals surface area (Å²) in [5, 5.41) is 0.895. The van der Waals surface area contributed by atoms with Crippen LogP contribution in [0.3, 0.4) is 0 Å². The van der Waals surface area contributed by atoms with Gasteiger partial charge >= 0.3 is 0 Å². The molecular formula is C27H25BrClN3O4. The summed E-state index contributed by atoms with van der Waals surface area (Å²) in [6, 6.07) is 18.7. The van der Waals surface area contributed by atoms with Crippen LogP contribution in [0.1, 0.15) is 29.1 Å². The highest BCUT2D eigenvalue weighted by atomic mass is 79.9. The molecule has 0 N–H and O–H groups in total. The van der Waals surface area contributed by atoms with E-state index in [1.165, 1.54) is 4.57 Å². The topological polar surface area (TPSA) is 73.7 Å². The molecule has 3 aromatic carbocycles. The standard InChI is InChI=1S/C27H25BrClN3O4/c1-17(31(14-15-35-2)26(33)18-4-6-19(28)7-5-18)25-30-24-16-20(29)8-13-23(24)27(34)32(25)21-9-11-22(36-3)12-10-21/h4-13,16-17H,14-15H2,1-3H3. The molecule has 1 aromatic heterocycles. The third-order valence-electron chi connectivity index (χ3n) is 5.92. The van der Waals surface area contributed by atoms with Gasteiger partial charge in [0.05, 0.1) is 36.3 Å². The van der Waals surface area contributed by atoms with Crippen molar-refractivity contribution in [3.8, 4) is 11.4 Å². The second-order valence-electron chi connectivity index (χ2n) is 8.14. The number of ether oxygens (including phenoxy) is 2. The van der Waals surface area contributed by atoms with Gasteiger partial charge in [0, 0.05) is 28.7 Å². The number of nitrogens with zero attached hydrogens (tertiary/aromatic N) is 3. The highest BCUT2D eigenvalue weighted by molar-refractivity contribution is 9.10. The van der Waals surface area contributed by atoms with E-state index in [2.05, 4.69) is 15.9 Å². The largest absolute Gasteiger partial charge is 0.497 e. The number of rotatable bonds is 8. The Balaban J connectivity index is 1.90. The zero-order valence-corrected chi connectivity index (χ0v) is 22.4. The first-order valence-corrected chi connectivity index (χ1v) is 12.4. The third kappa shape index (κ3) is 5.31. The van der Waals surface area contributed by atoms with Gasteiger partial charge < -0.3 is 14.4 Å². The van der Waals surface area contributed by atoms with Gasteiger partial charge in [0.15, 0.2) is 0 Å². The monoisotopic (exact) mass is 569 g/mol. The minimum Gasteiger partial charge on any atom is -0.497 e. The predicted octanol–water partition coefficient (Wildman–Crippen LogP) is 5.66. The number of hydrogen-bond donors (Lipinski definition) is 0. The van der Waals surface area contributed by atoms with Gasteiger partial charge in [0.1, 0.15) is 11.6 Å². The molecule has 0 saturated carbocycles. The zero-order chi connectivity index (χ0) is 25.8. The summed E-state index contributed by atoms with van der Waals surface area (Å²) in [7, 11) is 3.16. The van der Waals surface area contributed by atoms with E-state index in [1.54, 1.807) is 73.7 Å². The van der Waals surface area contributed by atoms with Crippen molar-refractivity contribution in [2.75, 3.05) is 27.4 Å². The smallest absolute Gasteiger partial charge is 0.266 e. The van der Waals surface area contributed by atoms with Crippen molar-refractivity contribution >= 4 is 44.3 Å². The van der Waals surface area contributed by atoms with Gasteiger partial charge in [-0.05, 0) is 73.7 Å². The number of carbonyl (C=O) groups is 1. The second-order valence-corrected chi connectivity index (χ2v) is 9.50. The summed E-state index contributed by atoms with van der Waals surface area (Å²) in [5.41, 5.74) is 1.33. The summed E-state index contributed by atoms with van der Waals surface area (Å²) >= 11 is 9.63. The Morgan fingerprint density at radius 2 is 1.78 bits per heavy atom. The Hall–Kier alpha value is -3.20. The first-order valence-electron chi connectivity index (χ1n) is 11.3. The lowest BCUT2D eigenvalue weighted by atomic mass is 10.1. The number of halogens is 2. The second kappa shape index (κ2) is 11.2. The van der Waals surface area contributed by atoms with Gasteiger partial charge in [-0.15, -0.1) is 0 Å². The van der Waals surface area contributed by atoms with E-state index in [9.17, 15) is 9.59 Å². The highest BCUT2D eigenvalue weighted by Crippen LogP contribution is 2.26. The third-order valence-corrected chi connectivity index (χ3v) is 6.68. The van der Waals surface area contributed by atoms with Crippen molar-refractivity contribution in [2.24, 2.45) is 0 Å². The van der Waals surface area contributed by atoms with Crippen LogP contribution in [-0.2, 0) is 4.74 Å². The van der Waals surface area contributed by atoms with Gasteiger partial charge in [-0.2, -0.15) is 0 Å². The van der Waals surface area contributed by atoms with Gasteiger partial charge in [-0.1, -0.05) is 27.5 Å². The van der Waals surface area contributed by atoms with Crippen molar-refractivity contribution in [3.05, 3.63) is 98.0 Å². The quantitative estimate of drug-likeness (QED) is 0.273. The lowest BCUT2D eigenvalue weighted by Gasteiger charge is -2.30. The van der Waals surface area contributed by atoms with E-state index in [0.29, 0.717) is 51.9 Å². The van der Waals surface area contributed by atoms with Crippen LogP contribution in [-0.4, -0.2) is 47.7 Å². The minimum atomic E-state index is -0.575. The van der Waals surface area contributed by atoms with Crippen LogP contribution < -0.4 is 10.3 Å². The van der Waals surface area contributed by atoms with Crippen molar-refractivity contribution in [1.82, 2.24) is 14.5 Å². The average Bonchev–Trinajstić information content (AvgIpc) is 2.89.